The minimum atomic E-state index is 0.513. The maximum Gasteiger partial charge on any atom is 0.134 e. The number of halogens is 1. The van der Waals surface area contributed by atoms with Gasteiger partial charge in [-0.25, -0.2) is 9.97 Å². The van der Waals surface area contributed by atoms with E-state index in [0.717, 1.165) is 35.1 Å². The zero-order chi connectivity index (χ0) is 17.8. The lowest BCUT2D eigenvalue weighted by Crippen LogP contribution is -2.67. The molecule has 0 radical (unpaired) electrons. The summed E-state index contributed by atoms with van der Waals surface area (Å²) in [7, 11) is 2.22. The van der Waals surface area contributed by atoms with Crippen LogP contribution in [0.5, 0.6) is 0 Å². The van der Waals surface area contributed by atoms with Gasteiger partial charge in [-0.1, -0.05) is 23.7 Å². The third-order valence-electron chi connectivity index (χ3n) is 5.81. The van der Waals surface area contributed by atoms with Gasteiger partial charge in [-0.2, -0.15) is 0 Å². The van der Waals surface area contributed by atoms with Crippen molar-refractivity contribution in [2.24, 2.45) is 0 Å². The highest BCUT2D eigenvalue weighted by atomic mass is 35.5. The molecule has 3 aliphatic rings. The number of piperazine rings is 1. The summed E-state index contributed by atoms with van der Waals surface area (Å²) in [5.41, 5.74) is 10.3. The first-order chi connectivity index (χ1) is 12.6. The van der Waals surface area contributed by atoms with Crippen LogP contribution in [0, 0.1) is 0 Å². The summed E-state index contributed by atoms with van der Waals surface area (Å²) in [6.07, 6.45) is 2.82. The van der Waals surface area contributed by atoms with Gasteiger partial charge in [0.2, 0.25) is 0 Å². The van der Waals surface area contributed by atoms with Crippen LogP contribution in [-0.4, -0.2) is 47.1 Å². The Hall–Kier alpha value is -2.37. The van der Waals surface area contributed by atoms with Crippen LogP contribution in [0.3, 0.4) is 0 Å². The van der Waals surface area contributed by atoms with Crippen molar-refractivity contribution in [2.45, 2.75) is 18.5 Å². The smallest absolute Gasteiger partial charge is 0.134 e. The van der Waals surface area contributed by atoms with Crippen LogP contribution in [0.2, 0.25) is 5.02 Å². The van der Waals surface area contributed by atoms with Gasteiger partial charge in [0.05, 0.1) is 5.52 Å². The second kappa shape index (κ2) is 5.83. The molecule has 132 valence electrons. The fraction of sp³-hybridized carbons (Fsp3) is 0.300. The first-order valence-electron chi connectivity index (χ1n) is 8.87. The quantitative estimate of drug-likeness (QED) is 0.754. The lowest BCUT2D eigenvalue weighted by atomic mass is 9.88. The van der Waals surface area contributed by atoms with Crippen molar-refractivity contribution < 1.29 is 0 Å². The van der Waals surface area contributed by atoms with Crippen molar-refractivity contribution in [3.05, 3.63) is 47.7 Å². The molecule has 3 aliphatic heterocycles. The van der Waals surface area contributed by atoms with Gasteiger partial charge >= 0.3 is 0 Å². The van der Waals surface area contributed by atoms with E-state index in [-0.39, 0.29) is 0 Å². The molecule has 2 N–H and O–H groups in total. The van der Waals surface area contributed by atoms with E-state index in [1.165, 1.54) is 18.4 Å². The Labute approximate surface area is 157 Å². The van der Waals surface area contributed by atoms with Crippen LogP contribution < -0.4 is 10.6 Å². The second-order valence-corrected chi connectivity index (χ2v) is 7.71. The summed E-state index contributed by atoms with van der Waals surface area (Å²) in [5, 5.41) is 1.61. The summed E-state index contributed by atoms with van der Waals surface area (Å²) >= 11 is 6.23. The highest BCUT2D eigenvalue weighted by Crippen LogP contribution is 2.38. The molecule has 3 fully saturated rings. The van der Waals surface area contributed by atoms with Crippen LogP contribution in [-0.2, 0) is 0 Å². The average molecular weight is 366 g/mol. The number of hydrogen-bond donors (Lipinski definition) is 1. The minimum absolute atomic E-state index is 0.513. The van der Waals surface area contributed by atoms with Crippen molar-refractivity contribution in [2.75, 3.05) is 30.8 Å². The van der Waals surface area contributed by atoms with Gasteiger partial charge in [-0.05, 0) is 43.3 Å². The largest absolute Gasteiger partial charge is 0.383 e. The molecule has 0 amide bonds. The first kappa shape index (κ1) is 15.9. The highest BCUT2D eigenvalue weighted by molar-refractivity contribution is 6.30. The number of rotatable bonds is 2. The zero-order valence-corrected chi connectivity index (χ0v) is 15.3. The molecule has 6 rings (SSSR count). The van der Waals surface area contributed by atoms with Gasteiger partial charge in [-0.3, -0.25) is 4.90 Å². The third kappa shape index (κ3) is 2.42. The summed E-state index contributed by atoms with van der Waals surface area (Å²) in [6.45, 7) is 2.09. The number of nitrogens with zero attached hydrogens (tertiary/aromatic N) is 4. The standard InChI is InChI=1S/C20H20ClN5/c1-25-15-6-16(25)10-26(9-15)14-7-17(12-3-2-4-13(21)5-12)19-18(8-14)20(22)24-11-23-19/h2-5,7-8,11,15-16H,6,9-10H2,1H3,(H2,22,23,24)/t15-,16+. The topological polar surface area (TPSA) is 58.3 Å². The van der Waals surface area contributed by atoms with Crippen LogP contribution >= 0.6 is 11.6 Å². The average Bonchev–Trinajstić information content (AvgIpc) is 2.67. The summed E-state index contributed by atoms with van der Waals surface area (Å²) in [6, 6.07) is 13.5. The van der Waals surface area contributed by atoms with Crippen molar-refractivity contribution in [3.8, 4) is 11.1 Å². The Kier molecular flexibility index (Phi) is 3.55. The summed E-state index contributed by atoms with van der Waals surface area (Å²) in [5.74, 6) is 0.513. The van der Waals surface area contributed by atoms with E-state index in [2.05, 4.69) is 45.0 Å². The molecule has 26 heavy (non-hydrogen) atoms. The van der Waals surface area contributed by atoms with Crippen molar-refractivity contribution >= 4 is 34.0 Å². The maximum absolute atomic E-state index is 6.23. The molecule has 6 heteroatoms. The number of anilines is 2. The van der Waals surface area contributed by atoms with Gasteiger partial charge in [-0.15, -0.1) is 0 Å². The lowest BCUT2D eigenvalue weighted by Gasteiger charge is -2.55. The van der Waals surface area contributed by atoms with Crippen LogP contribution in [0.4, 0.5) is 11.5 Å². The Balaban J connectivity index is 1.67. The number of fused-ring (bicyclic) bond motifs is 3. The van der Waals surface area contributed by atoms with Crippen LogP contribution in [0.25, 0.3) is 22.0 Å². The van der Waals surface area contributed by atoms with Crippen molar-refractivity contribution in [1.29, 1.82) is 0 Å². The number of nitrogens with two attached hydrogens (primary N) is 1. The summed E-state index contributed by atoms with van der Waals surface area (Å²) in [4.78, 5) is 13.6. The van der Waals surface area contributed by atoms with Gasteiger partial charge in [0.1, 0.15) is 12.1 Å². The number of nitrogen functional groups attached to an aromatic ring is 1. The fourth-order valence-corrected chi connectivity index (χ4v) is 4.43. The number of benzene rings is 2. The number of aromatic nitrogens is 2. The minimum Gasteiger partial charge on any atom is -0.383 e. The number of hydrogen-bond acceptors (Lipinski definition) is 5. The van der Waals surface area contributed by atoms with E-state index >= 15 is 0 Å². The van der Waals surface area contributed by atoms with E-state index in [9.17, 15) is 0 Å². The maximum atomic E-state index is 6.23. The number of piperidine rings is 1. The first-order valence-corrected chi connectivity index (χ1v) is 9.25. The molecule has 4 heterocycles. The number of likely N-dealkylation sites (N-methyl/N-ethyl adjacent to an activating group) is 1. The van der Waals surface area contributed by atoms with Gasteiger partial charge < -0.3 is 10.6 Å². The third-order valence-corrected chi connectivity index (χ3v) is 6.05. The molecule has 0 unspecified atom stereocenters. The predicted octanol–water partition coefficient (Wildman–Crippen LogP) is 3.43. The van der Waals surface area contributed by atoms with E-state index in [1.807, 2.05) is 18.2 Å². The monoisotopic (exact) mass is 365 g/mol. The Morgan fingerprint density at radius 3 is 2.65 bits per heavy atom. The van der Waals surface area contributed by atoms with E-state index in [4.69, 9.17) is 17.3 Å². The van der Waals surface area contributed by atoms with E-state index in [0.29, 0.717) is 22.9 Å². The molecule has 2 bridgehead atoms. The molecule has 2 aromatic carbocycles. The SMILES string of the molecule is CN1[C@@H]2C[C@H]1CN(c1cc(-c3cccc(Cl)c3)c3ncnc(N)c3c1)C2. The van der Waals surface area contributed by atoms with Crippen molar-refractivity contribution in [3.63, 3.8) is 0 Å². The van der Waals surface area contributed by atoms with Crippen molar-refractivity contribution in [1.82, 2.24) is 14.9 Å². The normalized spacial score (nSPS) is 22.5. The molecular formula is C20H20ClN5. The van der Waals surface area contributed by atoms with Crippen LogP contribution in [0.1, 0.15) is 6.42 Å². The molecule has 0 spiro atoms. The molecule has 2 atom stereocenters. The van der Waals surface area contributed by atoms with Gasteiger partial charge in [0.15, 0.2) is 0 Å². The Morgan fingerprint density at radius 2 is 1.92 bits per heavy atom. The molecule has 1 aromatic heterocycles. The predicted molar refractivity (Wildman–Crippen MR) is 107 cm³/mol. The van der Waals surface area contributed by atoms with Crippen LogP contribution in [0.15, 0.2) is 42.7 Å². The highest BCUT2D eigenvalue weighted by Gasteiger charge is 2.42. The molecule has 5 nitrogen and oxygen atoms in total. The molecule has 0 saturated carbocycles. The van der Waals surface area contributed by atoms with Gasteiger partial charge in [0, 0.05) is 46.8 Å². The second-order valence-electron chi connectivity index (χ2n) is 7.27. The Morgan fingerprint density at radius 1 is 1.12 bits per heavy atom. The zero-order valence-electron chi connectivity index (χ0n) is 14.6. The van der Waals surface area contributed by atoms with Gasteiger partial charge in [0.25, 0.3) is 0 Å². The molecule has 3 saturated heterocycles. The van der Waals surface area contributed by atoms with E-state index < -0.39 is 0 Å². The Bertz CT molecular complexity index is 993. The molecular weight excluding hydrogens is 346 g/mol. The van der Waals surface area contributed by atoms with E-state index in [1.54, 1.807) is 0 Å². The summed E-state index contributed by atoms with van der Waals surface area (Å²) < 4.78 is 0. The lowest BCUT2D eigenvalue weighted by molar-refractivity contribution is 0.0264. The molecule has 0 aliphatic carbocycles. The molecule has 3 aromatic rings. The fourth-order valence-electron chi connectivity index (χ4n) is 4.24.